The third-order valence-corrected chi connectivity index (χ3v) is 1.62. The number of hydrogen-bond donors (Lipinski definition) is 3. The zero-order valence-electron chi connectivity index (χ0n) is 14.6. The molecular formula is C13H34ClN3O4. The lowest BCUT2D eigenvalue weighted by Crippen LogP contribution is -3.00. The van der Waals surface area contributed by atoms with E-state index in [9.17, 15) is 0 Å². The van der Waals surface area contributed by atoms with Crippen LogP contribution in [0.4, 0.5) is 4.79 Å². The van der Waals surface area contributed by atoms with Crippen molar-refractivity contribution in [3.63, 3.8) is 0 Å². The van der Waals surface area contributed by atoms with Gasteiger partial charge in [0, 0.05) is 0 Å². The second kappa shape index (κ2) is 13.1. The van der Waals surface area contributed by atoms with Gasteiger partial charge in [0.2, 0.25) is 0 Å². The highest BCUT2D eigenvalue weighted by molar-refractivity contribution is 5.58. The molecule has 132 valence electrons. The van der Waals surface area contributed by atoms with Crippen LogP contribution in [0.3, 0.4) is 0 Å². The summed E-state index contributed by atoms with van der Waals surface area (Å²) in [5.74, 6) is 0. The molecule has 4 N–H and O–H groups in total. The molecule has 0 aliphatic carbocycles. The molecule has 0 aromatic heterocycles. The number of rotatable bonds is 4. The first-order valence-corrected chi connectivity index (χ1v) is 6.50. The molecule has 2 atom stereocenters. The number of primary amides is 1. The number of nitrogens with zero attached hydrogens (tertiary/aromatic N) is 2. The Morgan fingerprint density at radius 2 is 1.10 bits per heavy atom. The highest BCUT2D eigenvalue weighted by Crippen LogP contribution is 1.92. The van der Waals surface area contributed by atoms with Crippen molar-refractivity contribution < 1.29 is 41.5 Å². The number of amides is 1. The van der Waals surface area contributed by atoms with Crippen LogP contribution in [-0.4, -0.2) is 92.9 Å². The van der Waals surface area contributed by atoms with Crippen LogP contribution in [0.2, 0.25) is 0 Å². The Balaban J connectivity index is -0.000000107. The zero-order chi connectivity index (χ0) is 17.1. The summed E-state index contributed by atoms with van der Waals surface area (Å²) >= 11 is 0. The van der Waals surface area contributed by atoms with E-state index in [1.807, 2.05) is 13.8 Å². The standard InChI is InChI=1S/2C6H16NO.CH3NO2.ClH/c2*1-6(8)5-7(2,3)4;2-1(3)4;/h2*6,8H,5H2,1-4H3;2H2,(H,3,4);1H/q2*+1;;/p-2. The second-order valence-corrected chi connectivity index (χ2v) is 6.96. The number of hydrogen-bond acceptors (Lipinski definition) is 4. The molecule has 0 rings (SSSR count). The van der Waals surface area contributed by atoms with E-state index in [1.54, 1.807) is 0 Å². The Hall–Kier alpha value is -0.600. The lowest BCUT2D eigenvalue weighted by atomic mass is 10.3. The van der Waals surface area contributed by atoms with Gasteiger partial charge in [0.25, 0.3) is 0 Å². The van der Waals surface area contributed by atoms with E-state index < -0.39 is 6.09 Å². The van der Waals surface area contributed by atoms with Crippen LogP contribution in [0.1, 0.15) is 13.8 Å². The Bertz CT molecular complexity index is 225. The quantitative estimate of drug-likeness (QED) is 0.451. The van der Waals surface area contributed by atoms with Crippen molar-refractivity contribution in [2.45, 2.75) is 26.1 Å². The number of nitrogens with two attached hydrogens (primary N) is 1. The molecule has 0 radical (unpaired) electrons. The third-order valence-electron chi connectivity index (χ3n) is 1.62. The van der Waals surface area contributed by atoms with Gasteiger partial charge in [-0.2, -0.15) is 0 Å². The molecule has 0 saturated heterocycles. The highest BCUT2D eigenvalue weighted by Gasteiger charge is 2.10. The largest absolute Gasteiger partial charge is 1.00 e. The second-order valence-electron chi connectivity index (χ2n) is 6.96. The number of likely N-dealkylation sites (N-methyl/N-ethyl adjacent to an activating group) is 2. The van der Waals surface area contributed by atoms with E-state index in [1.165, 1.54) is 0 Å². The van der Waals surface area contributed by atoms with Crippen LogP contribution in [0.5, 0.6) is 0 Å². The smallest absolute Gasteiger partial charge is 0.131 e. The SMILES string of the molecule is CC(O)C[N+](C)(C)C.CC(O)C[N+](C)(C)C.NC(=O)[O-].[Cl-]. The minimum Gasteiger partial charge on any atom is -1.00 e. The maximum absolute atomic E-state index is 8.87. The topological polar surface area (TPSA) is 107 Å². The van der Waals surface area contributed by atoms with Crippen molar-refractivity contribution in [1.29, 1.82) is 0 Å². The van der Waals surface area contributed by atoms with Crippen LogP contribution < -0.4 is 23.2 Å². The van der Waals surface area contributed by atoms with E-state index in [2.05, 4.69) is 48.0 Å². The first-order chi connectivity index (χ1) is 8.57. The first kappa shape index (κ1) is 28.5. The maximum atomic E-state index is 8.87. The van der Waals surface area contributed by atoms with Crippen LogP contribution in [0.15, 0.2) is 0 Å². The number of carbonyl (C=O) groups excluding carboxylic acids is 1. The monoisotopic (exact) mass is 331 g/mol. The van der Waals surface area contributed by atoms with Crippen molar-refractivity contribution in [2.75, 3.05) is 55.4 Å². The molecule has 0 saturated carbocycles. The third kappa shape index (κ3) is 66.5. The maximum Gasteiger partial charge on any atom is 0.131 e. The molecule has 8 heteroatoms. The highest BCUT2D eigenvalue weighted by atomic mass is 35.5. The summed E-state index contributed by atoms with van der Waals surface area (Å²) < 4.78 is 1.66. The average Bonchev–Trinajstić information content (AvgIpc) is 1.90. The van der Waals surface area contributed by atoms with E-state index >= 15 is 0 Å². The predicted molar refractivity (Wildman–Crippen MR) is 78.7 cm³/mol. The summed E-state index contributed by atoms with van der Waals surface area (Å²) in [6.45, 7) is 5.26. The number of quaternary nitrogens is 2. The van der Waals surface area contributed by atoms with Gasteiger partial charge in [-0.1, -0.05) is 0 Å². The summed E-state index contributed by atoms with van der Waals surface area (Å²) in [5.41, 5.74) is 3.92. The van der Waals surface area contributed by atoms with Gasteiger partial charge < -0.3 is 47.2 Å². The number of carboxylic acid groups (broad SMARTS) is 1. The molecule has 0 aromatic carbocycles. The number of halogens is 1. The fraction of sp³-hybridized carbons (Fsp3) is 0.923. The van der Waals surface area contributed by atoms with E-state index in [-0.39, 0.29) is 24.6 Å². The fourth-order valence-electron chi connectivity index (χ4n) is 1.59. The van der Waals surface area contributed by atoms with E-state index in [0.29, 0.717) is 0 Å². The van der Waals surface area contributed by atoms with Crippen molar-refractivity contribution >= 4 is 6.09 Å². The van der Waals surface area contributed by atoms with Gasteiger partial charge in [-0.25, -0.2) is 0 Å². The van der Waals surface area contributed by atoms with Crippen molar-refractivity contribution in [2.24, 2.45) is 5.73 Å². The Labute approximate surface area is 135 Å². The number of aliphatic hydroxyl groups excluding tert-OH is 2. The Morgan fingerprint density at radius 1 is 0.952 bits per heavy atom. The van der Waals surface area contributed by atoms with Gasteiger partial charge in [-0.3, -0.25) is 0 Å². The predicted octanol–water partition coefficient (Wildman–Crippen LogP) is -4.56. The Kier molecular flexibility index (Phi) is 17.8. The summed E-state index contributed by atoms with van der Waals surface area (Å²) in [5, 5.41) is 26.4. The summed E-state index contributed by atoms with van der Waals surface area (Å²) in [4.78, 5) is 8.67. The number of aliphatic hydroxyl groups is 2. The molecule has 0 spiro atoms. The normalized spacial score (nSPS) is 13.4. The molecule has 0 fully saturated rings. The number of carbonyl (C=O) groups is 1. The molecule has 7 nitrogen and oxygen atoms in total. The van der Waals surface area contributed by atoms with Crippen molar-refractivity contribution in [1.82, 2.24) is 0 Å². The molecule has 0 aliphatic heterocycles. The van der Waals surface area contributed by atoms with Crippen LogP contribution in [-0.2, 0) is 0 Å². The van der Waals surface area contributed by atoms with Gasteiger partial charge >= 0.3 is 0 Å². The zero-order valence-corrected chi connectivity index (χ0v) is 15.4. The Morgan fingerprint density at radius 3 is 1.10 bits per heavy atom. The molecule has 0 aromatic rings. The van der Waals surface area contributed by atoms with Crippen molar-refractivity contribution in [3.8, 4) is 0 Å². The molecule has 21 heavy (non-hydrogen) atoms. The van der Waals surface area contributed by atoms with Gasteiger partial charge in [0.15, 0.2) is 0 Å². The molecule has 0 bridgehead atoms. The average molecular weight is 332 g/mol. The van der Waals surface area contributed by atoms with Crippen molar-refractivity contribution in [3.05, 3.63) is 0 Å². The van der Waals surface area contributed by atoms with Crippen LogP contribution >= 0.6 is 0 Å². The minimum absolute atomic E-state index is 0. The van der Waals surface area contributed by atoms with Gasteiger partial charge in [0.05, 0.1) is 42.3 Å². The summed E-state index contributed by atoms with van der Waals surface area (Å²) in [6.07, 6.45) is -1.95. The summed E-state index contributed by atoms with van der Waals surface area (Å²) in [7, 11) is 12.4. The van der Waals surface area contributed by atoms with Crippen LogP contribution in [0.25, 0.3) is 0 Å². The van der Waals surface area contributed by atoms with Gasteiger partial charge in [-0.15, -0.1) is 0 Å². The molecular weight excluding hydrogens is 298 g/mol. The lowest BCUT2D eigenvalue weighted by molar-refractivity contribution is -0.873. The molecule has 2 unspecified atom stereocenters. The van der Waals surface area contributed by atoms with E-state index in [4.69, 9.17) is 20.1 Å². The van der Waals surface area contributed by atoms with Gasteiger partial charge in [0.1, 0.15) is 31.4 Å². The lowest BCUT2D eigenvalue weighted by Gasteiger charge is -2.24. The minimum atomic E-state index is -1.58. The van der Waals surface area contributed by atoms with E-state index in [0.717, 1.165) is 22.1 Å². The van der Waals surface area contributed by atoms with Crippen LogP contribution in [0, 0.1) is 0 Å². The molecule has 0 heterocycles. The first-order valence-electron chi connectivity index (χ1n) is 6.50. The fourth-order valence-corrected chi connectivity index (χ4v) is 1.59. The molecule has 0 aliphatic rings. The molecule has 1 amide bonds. The summed E-state index contributed by atoms with van der Waals surface area (Å²) in [6, 6.07) is 0. The van der Waals surface area contributed by atoms with Gasteiger partial charge in [-0.05, 0) is 13.8 Å².